The van der Waals surface area contributed by atoms with E-state index in [0.29, 0.717) is 10.7 Å². The number of nitrogen functional groups attached to an aromatic ring is 1. The number of carbonyl (C=O) groups is 1. The molecule has 0 radical (unpaired) electrons. The van der Waals surface area contributed by atoms with Crippen LogP contribution in [0.4, 0.5) is 16.2 Å². The minimum absolute atomic E-state index is 0.252. The molecule has 0 aliphatic carbocycles. The first-order valence-corrected chi connectivity index (χ1v) is 5.69. The summed E-state index contributed by atoms with van der Waals surface area (Å²) in [6.45, 7) is 5.29. The van der Waals surface area contributed by atoms with Crippen molar-refractivity contribution < 1.29 is 9.53 Å². The van der Waals surface area contributed by atoms with Crippen LogP contribution in [-0.4, -0.2) is 11.7 Å². The molecule has 0 atom stereocenters. The van der Waals surface area contributed by atoms with Gasteiger partial charge < -0.3 is 10.5 Å². The average molecular weight is 277 g/mol. The smallest absolute Gasteiger partial charge is 0.412 e. The monoisotopic (exact) mass is 276 g/mol. The van der Waals surface area contributed by atoms with E-state index in [1.165, 1.54) is 12.1 Å². The van der Waals surface area contributed by atoms with Crippen molar-refractivity contribution in [2.24, 2.45) is 0 Å². The number of carbonyl (C=O) groups excluding carboxylic acids is 1. The minimum atomic E-state index is -0.609. The van der Waals surface area contributed by atoms with Crippen LogP contribution in [-0.2, 0) is 4.74 Å². The van der Waals surface area contributed by atoms with Gasteiger partial charge in [-0.2, -0.15) is 0 Å². The number of benzene rings is 1. The van der Waals surface area contributed by atoms with Crippen LogP contribution >= 0.6 is 23.2 Å². The maximum Gasteiger partial charge on any atom is 0.412 e. The molecular formula is C11H14Cl2N2O2. The Morgan fingerprint density at radius 1 is 1.35 bits per heavy atom. The molecule has 1 aromatic rings. The number of halogens is 2. The van der Waals surface area contributed by atoms with E-state index in [-0.39, 0.29) is 10.7 Å². The zero-order valence-corrected chi connectivity index (χ0v) is 11.3. The lowest BCUT2D eigenvalue weighted by Gasteiger charge is -2.20. The second-order valence-electron chi connectivity index (χ2n) is 4.48. The topological polar surface area (TPSA) is 64.3 Å². The molecule has 94 valence electrons. The lowest BCUT2D eigenvalue weighted by molar-refractivity contribution is 0.0636. The standard InChI is InChI=1S/C11H14Cl2N2O2/c1-11(2,3)17-10(16)15-8-5-6(12)4-7(13)9(8)14/h4-5H,14H2,1-3H3,(H,15,16). The molecule has 0 spiro atoms. The van der Waals surface area contributed by atoms with E-state index >= 15 is 0 Å². The van der Waals surface area contributed by atoms with Gasteiger partial charge in [-0.05, 0) is 32.9 Å². The summed E-state index contributed by atoms with van der Waals surface area (Å²) in [6.07, 6.45) is -0.609. The van der Waals surface area contributed by atoms with E-state index in [1.54, 1.807) is 20.8 Å². The van der Waals surface area contributed by atoms with Gasteiger partial charge in [0.05, 0.1) is 16.4 Å². The van der Waals surface area contributed by atoms with Crippen LogP contribution in [0.2, 0.25) is 10.0 Å². The van der Waals surface area contributed by atoms with E-state index in [9.17, 15) is 4.79 Å². The SMILES string of the molecule is CC(C)(C)OC(=O)Nc1cc(Cl)cc(Cl)c1N. The molecule has 17 heavy (non-hydrogen) atoms. The van der Waals surface area contributed by atoms with E-state index in [1.807, 2.05) is 0 Å². The molecule has 6 heteroatoms. The van der Waals surface area contributed by atoms with Gasteiger partial charge in [-0.25, -0.2) is 4.79 Å². The Morgan fingerprint density at radius 3 is 2.47 bits per heavy atom. The molecule has 0 bridgehead atoms. The van der Waals surface area contributed by atoms with Gasteiger partial charge in [-0.15, -0.1) is 0 Å². The molecular weight excluding hydrogens is 263 g/mol. The van der Waals surface area contributed by atoms with Gasteiger partial charge in [0.25, 0.3) is 0 Å². The molecule has 0 heterocycles. The Balaban J connectivity index is 2.85. The molecule has 1 amide bonds. The highest BCUT2D eigenvalue weighted by atomic mass is 35.5. The van der Waals surface area contributed by atoms with Crippen molar-refractivity contribution >= 4 is 40.7 Å². The van der Waals surface area contributed by atoms with Crippen molar-refractivity contribution in [1.29, 1.82) is 0 Å². The number of nitrogens with two attached hydrogens (primary N) is 1. The highest BCUT2D eigenvalue weighted by Gasteiger charge is 2.17. The van der Waals surface area contributed by atoms with E-state index in [4.69, 9.17) is 33.7 Å². The van der Waals surface area contributed by atoms with Crippen molar-refractivity contribution in [1.82, 2.24) is 0 Å². The Hall–Kier alpha value is -1.13. The second kappa shape index (κ2) is 5.02. The zero-order valence-electron chi connectivity index (χ0n) is 9.80. The number of anilines is 2. The molecule has 3 N–H and O–H groups in total. The van der Waals surface area contributed by atoms with Crippen LogP contribution in [0.1, 0.15) is 20.8 Å². The van der Waals surface area contributed by atoms with E-state index < -0.39 is 11.7 Å². The van der Waals surface area contributed by atoms with Crippen molar-refractivity contribution in [2.75, 3.05) is 11.1 Å². The predicted octanol–water partition coefficient (Wildman–Crippen LogP) is 3.92. The maximum atomic E-state index is 11.5. The molecule has 4 nitrogen and oxygen atoms in total. The molecule has 0 aromatic heterocycles. The van der Waals surface area contributed by atoms with Crippen molar-refractivity contribution in [3.63, 3.8) is 0 Å². The number of amides is 1. The quantitative estimate of drug-likeness (QED) is 0.764. The fourth-order valence-corrected chi connectivity index (χ4v) is 1.60. The highest BCUT2D eigenvalue weighted by molar-refractivity contribution is 6.37. The first-order chi connectivity index (χ1) is 7.69. The zero-order chi connectivity index (χ0) is 13.2. The minimum Gasteiger partial charge on any atom is -0.444 e. The number of hydrogen-bond donors (Lipinski definition) is 2. The number of ether oxygens (including phenoxy) is 1. The molecule has 0 aliphatic rings. The number of nitrogens with one attached hydrogen (secondary N) is 1. The van der Waals surface area contributed by atoms with E-state index in [2.05, 4.69) is 5.32 Å². The molecule has 0 aliphatic heterocycles. The Labute approximate surface area is 110 Å². The van der Waals surface area contributed by atoms with Crippen molar-refractivity contribution in [2.45, 2.75) is 26.4 Å². The summed E-state index contributed by atoms with van der Waals surface area (Å²) in [5, 5.41) is 3.16. The van der Waals surface area contributed by atoms with Crippen LogP contribution in [0.5, 0.6) is 0 Å². The van der Waals surface area contributed by atoms with Crippen molar-refractivity contribution in [3.8, 4) is 0 Å². The summed E-state index contributed by atoms with van der Waals surface area (Å²) in [7, 11) is 0. The second-order valence-corrected chi connectivity index (χ2v) is 5.32. The summed E-state index contributed by atoms with van der Waals surface area (Å²) < 4.78 is 5.08. The summed E-state index contributed by atoms with van der Waals surface area (Å²) >= 11 is 11.6. The summed E-state index contributed by atoms with van der Waals surface area (Å²) in [6, 6.07) is 3.01. The van der Waals surface area contributed by atoms with Crippen LogP contribution in [0.25, 0.3) is 0 Å². The van der Waals surface area contributed by atoms with Gasteiger partial charge in [0, 0.05) is 5.02 Å². The highest BCUT2D eigenvalue weighted by Crippen LogP contribution is 2.31. The van der Waals surface area contributed by atoms with Gasteiger partial charge in [0.15, 0.2) is 0 Å². The van der Waals surface area contributed by atoms with Crippen LogP contribution in [0.15, 0.2) is 12.1 Å². The third kappa shape index (κ3) is 4.32. The number of rotatable bonds is 1. The molecule has 0 fully saturated rings. The summed E-state index contributed by atoms with van der Waals surface area (Å²) in [4.78, 5) is 11.5. The largest absolute Gasteiger partial charge is 0.444 e. The predicted molar refractivity (Wildman–Crippen MR) is 70.7 cm³/mol. The van der Waals surface area contributed by atoms with Crippen molar-refractivity contribution in [3.05, 3.63) is 22.2 Å². The van der Waals surface area contributed by atoms with Gasteiger partial charge >= 0.3 is 6.09 Å². The molecule has 0 saturated heterocycles. The first-order valence-electron chi connectivity index (χ1n) is 4.93. The molecule has 0 unspecified atom stereocenters. The Bertz CT molecular complexity index is 442. The molecule has 1 rings (SSSR count). The fourth-order valence-electron chi connectivity index (χ4n) is 1.10. The lowest BCUT2D eigenvalue weighted by atomic mass is 10.2. The number of hydrogen-bond acceptors (Lipinski definition) is 3. The first kappa shape index (κ1) is 13.9. The third-order valence-corrected chi connectivity index (χ3v) is 2.26. The fraction of sp³-hybridized carbons (Fsp3) is 0.364. The third-order valence-electron chi connectivity index (χ3n) is 1.73. The Kier molecular flexibility index (Phi) is 4.11. The maximum absolute atomic E-state index is 11.5. The van der Waals surface area contributed by atoms with Crippen LogP contribution in [0.3, 0.4) is 0 Å². The normalized spacial score (nSPS) is 11.1. The molecule has 0 saturated carbocycles. The van der Waals surface area contributed by atoms with Gasteiger partial charge in [0.1, 0.15) is 5.60 Å². The van der Waals surface area contributed by atoms with Crippen LogP contribution < -0.4 is 11.1 Å². The van der Waals surface area contributed by atoms with E-state index in [0.717, 1.165) is 0 Å². The van der Waals surface area contributed by atoms with Gasteiger partial charge in [-0.1, -0.05) is 23.2 Å². The lowest BCUT2D eigenvalue weighted by Crippen LogP contribution is -2.27. The summed E-state index contributed by atoms with van der Waals surface area (Å²) in [5.74, 6) is 0. The van der Waals surface area contributed by atoms with Crippen LogP contribution in [0, 0.1) is 0 Å². The molecule has 1 aromatic carbocycles. The summed E-state index contributed by atoms with van der Waals surface area (Å²) in [5.41, 5.74) is 5.70. The van der Waals surface area contributed by atoms with Gasteiger partial charge in [0.2, 0.25) is 0 Å². The average Bonchev–Trinajstić information content (AvgIpc) is 2.10. The van der Waals surface area contributed by atoms with Gasteiger partial charge in [-0.3, -0.25) is 5.32 Å². The Morgan fingerprint density at radius 2 is 1.94 bits per heavy atom.